The van der Waals surface area contributed by atoms with Crippen molar-refractivity contribution in [3.05, 3.63) is 35.4 Å². The van der Waals surface area contributed by atoms with Gasteiger partial charge >= 0.3 is 0 Å². The van der Waals surface area contributed by atoms with Crippen molar-refractivity contribution in [3.63, 3.8) is 0 Å². The second-order valence-electron chi connectivity index (χ2n) is 7.41. The number of carbonyl (C=O) groups is 1. The minimum atomic E-state index is 0.0669. The number of nitrogens with zero attached hydrogens (tertiary/aromatic N) is 1. The van der Waals surface area contributed by atoms with Crippen molar-refractivity contribution in [1.29, 1.82) is 0 Å². The van der Waals surface area contributed by atoms with Gasteiger partial charge in [0.25, 0.3) is 5.91 Å². The molecule has 3 rings (SSSR count). The van der Waals surface area contributed by atoms with Crippen LogP contribution in [-0.4, -0.2) is 41.7 Å². The topological polar surface area (TPSA) is 52.6 Å². The highest BCUT2D eigenvalue weighted by molar-refractivity contribution is 5.94. The molecule has 0 radical (unpaired) electrons. The SMILES string of the molecule is O=C(NC1CCCCC1)c1ccc(CN2CCC(CO)CC2)cc1. The molecule has 1 aliphatic heterocycles. The van der Waals surface area contributed by atoms with E-state index < -0.39 is 0 Å². The summed E-state index contributed by atoms with van der Waals surface area (Å²) in [6.45, 7) is 3.35. The van der Waals surface area contributed by atoms with E-state index >= 15 is 0 Å². The average molecular weight is 330 g/mol. The Labute approximate surface area is 145 Å². The summed E-state index contributed by atoms with van der Waals surface area (Å²) in [6, 6.07) is 8.42. The Morgan fingerprint density at radius 1 is 1.04 bits per heavy atom. The molecule has 4 nitrogen and oxygen atoms in total. The van der Waals surface area contributed by atoms with E-state index in [-0.39, 0.29) is 5.91 Å². The van der Waals surface area contributed by atoms with Crippen molar-refractivity contribution >= 4 is 5.91 Å². The number of nitrogens with one attached hydrogen (secondary N) is 1. The molecule has 0 unspecified atom stereocenters. The van der Waals surface area contributed by atoms with Crippen molar-refractivity contribution in [1.82, 2.24) is 10.2 Å². The predicted octanol–water partition coefficient (Wildman–Crippen LogP) is 2.95. The highest BCUT2D eigenvalue weighted by Crippen LogP contribution is 2.20. The molecule has 1 aliphatic carbocycles. The van der Waals surface area contributed by atoms with Crippen LogP contribution in [0.5, 0.6) is 0 Å². The number of rotatable bonds is 5. The maximum atomic E-state index is 12.3. The van der Waals surface area contributed by atoms with Crippen molar-refractivity contribution < 1.29 is 9.90 Å². The van der Waals surface area contributed by atoms with Crippen LogP contribution in [0.2, 0.25) is 0 Å². The smallest absolute Gasteiger partial charge is 0.251 e. The molecule has 2 aliphatic rings. The number of hydrogen-bond acceptors (Lipinski definition) is 3. The van der Waals surface area contributed by atoms with Gasteiger partial charge in [-0.05, 0) is 62.4 Å². The van der Waals surface area contributed by atoms with Crippen LogP contribution in [0.3, 0.4) is 0 Å². The quantitative estimate of drug-likeness (QED) is 0.873. The van der Waals surface area contributed by atoms with Gasteiger partial charge in [-0.2, -0.15) is 0 Å². The van der Waals surface area contributed by atoms with Gasteiger partial charge in [-0.15, -0.1) is 0 Å². The predicted molar refractivity (Wildman–Crippen MR) is 95.9 cm³/mol. The molecule has 1 saturated carbocycles. The molecule has 1 aromatic carbocycles. The van der Waals surface area contributed by atoms with Gasteiger partial charge in [0, 0.05) is 24.8 Å². The van der Waals surface area contributed by atoms with Crippen molar-refractivity contribution in [2.75, 3.05) is 19.7 Å². The van der Waals surface area contributed by atoms with Crippen molar-refractivity contribution in [3.8, 4) is 0 Å². The third kappa shape index (κ3) is 4.81. The number of aliphatic hydroxyl groups is 1. The second kappa shape index (κ2) is 8.63. The van der Waals surface area contributed by atoms with E-state index in [0.717, 1.165) is 50.9 Å². The zero-order valence-corrected chi connectivity index (χ0v) is 14.5. The summed E-state index contributed by atoms with van der Waals surface area (Å²) in [5, 5.41) is 12.4. The highest BCUT2D eigenvalue weighted by Gasteiger charge is 2.19. The maximum absolute atomic E-state index is 12.3. The standard InChI is InChI=1S/C20H30N2O2/c23-15-17-10-12-22(13-11-17)14-16-6-8-18(9-7-16)20(24)21-19-4-2-1-3-5-19/h6-9,17,19,23H,1-5,10-15H2,(H,21,24). The molecule has 1 saturated heterocycles. The van der Waals surface area contributed by atoms with E-state index in [1.54, 1.807) is 0 Å². The third-order valence-electron chi connectivity index (χ3n) is 5.53. The van der Waals surface area contributed by atoms with Crippen LogP contribution in [0.4, 0.5) is 0 Å². The Hall–Kier alpha value is -1.39. The number of aliphatic hydroxyl groups excluding tert-OH is 1. The van der Waals surface area contributed by atoms with E-state index in [0.29, 0.717) is 18.6 Å². The molecule has 0 aromatic heterocycles. The van der Waals surface area contributed by atoms with Gasteiger partial charge in [0.05, 0.1) is 0 Å². The summed E-state index contributed by atoms with van der Waals surface area (Å²) < 4.78 is 0. The van der Waals surface area contributed by atoms with Crippen LogP contribution in [0.15, 0.2) is 24.3 Å². The van der Waals surface area contributed by atoms with Gasteiger partial charge in [-0.3, -0.25) is 9.69 Å². The van der Waals surface area contributed by atoms with Gasteiger partial charge in [-0.1, -0.05) is 31.4 Å². The van der Waals surface area contributed by atoms with Crippen LogP contribution in [0.1, 0.15) is 60.9 Å². The zero-order valence-electron chi connectivity index (χ0n) is 14.5. The number of hydrogen-bond donors (Lipinski definition) is 2. The van der Waals surface area contributed by atoms with Gasteiger partial charge < -0.3 is 10.4 Å². The van der Waals surface area contributed by atoms with E-state index in [1.165, 1.54) is 24.8 Å². The molecule has 0 atom stereocenters. The molecular weight excluding hydrogens is 300 g/mol. The number of carbonyl (C=O) groups excluding carboxylic acids is 1. The first-order valence-corrected chi connectivity index (χ1v) is 9.47. The lowest BCUT2D eigenvalue weighted by Crippen LogP contribution is -2.36. The Morgan fingerprint density at radius 2 is 1.71 bits per heavy atom. The number of amides is 1. The van der Waals surface area contributed by atoms with Gasteiger partial charge in [0.2, 0.25) is 0 Å². The maximum Gasteiger partial charge on any atom is 0.251 e. The monoisotopic (exact) mass is 330 g/mol. The summed E-state index contributed by atoms with van der Waals surface area (Å²) in [5.41, 5.74) is 2.02. The van der Waals surface area contributed by atoms with Crippen molar-refractivity contribution in [2.45, 2.75) is 57.5 Å². The number of benzene rings is 1. The first kappa shape index (κ1) is 17.4. The van der Waals surface area contributed by atoms with Crippen LogP contribution < -0.4 is 5.32 Å². The van der Waals surface area contributed by atoms with E-state index in [1.807, 2.05) is 12.1 Å². The molecule has 1 aromatic rings. The van der Waals surface area contributed by atoms with E-state index in [4.69, 9.17) is 0 Å². The zero-order chi connectivity index (χ0) is 16.8. The Balaban J connectivity index is 1.48. The van der Waals surface area contributed by atoms with Gasteiger partial charge in [0.15, 0.2) is 0 Å². The minimum Gasteiger partial charge on any atom is -0.396 e. The second-order valence-corrected chi connectivity index (χ2v) is 7.41. The Morgan fingerprint density at radius 3 is 2.33 bits per heavy atom. The lowest BCUT2D eigenvalue weighted by atomic mass is 9.95. The lowest BCUT2D eigenvalue weighted by molar-refractivity contribution is 0.0927. The van der Waals surface area contributed by atoms with Crippen LogP contribution in [-0.2, 0) is 6.54 Å². The molecule has 24 heavy (non-hydrogen) atoms. The Bertz CT molecular complexity index is 515. The summed E-state index contributed by atoms with van der Waals surface area (Å²) in [7, 11) is 0. The largest absolute Gasteiger partial charge is 0.396 e. The molecule has 1 heterocycles. The highest BCUT2D eigenvalue weighted by atomic mass is 16.3. The molecule has 2 N–H and O–H groups in total. The molecule has 0 bridgehead atoms. The number of likely N-dealkylation sites (tertiary alicyclic amines) is 1. The molecule has 132 valence electrons. The molecule has 0 spiro atoms. The first-order valence-electron chi connectivity index (χ1n) is 9.47. The van der Waals surface area contributed by atoms with Crippen LogP contribution in [0, 0.1) is 5.92 Å². The summed E-state index contributed by atoms with van der Waals surface area (Å²) >= 11 is 0. The van der Waals surface area contributed by atoms with Crippen LogP contribution >= 0.6 is 0 Å². The lowest BCUT2D eigenvalue weighted by Gasteiger charge is -2.31. The normalized spacial score (nSPS) is 20.9. The molecule has 1 amide bonds. The first-order chi connectivity index (χ1) is 11.7. The van der Waals surface area contributed by atoms with E-state index in [9.17, 15) is 9.90 Å². The summed E-state index contributed by atoms with van der Waals surface area (Å²) in [4.78, 5) is 14.8. The fourth-order valence-electron chi connectivity index (χ4n) is 3.86. The average Bonchev–Trinajstić information content (AvgIpc) is 2.64. The minimum absolute atomic E-state index is 0.0669. The fraction of sp³-hybridized carbons (Fsp3) is 0.650. The van der Waals surface area contributed by atoms with Gasteiger partial charge in [0.1, 0.15) is 0 Å². The fourth-order valence-corrected chi connectivity index (χ4v) is 3.86. The number of piperidine rings is 1. The summed E-state index contributed by atoms with van der Waals surface area (Å²) in [5.74, 6) is 0.546. The molecule has 2 fully saturated rings. The van der Waals surface area contributed by atoms with E-state index in [2.05, 4.69) is 22.3 Å². The third-order valence-corrected chi connectivity index (χ3v) is 5.53. The van der Waals surface area contributed by atoms with Crippen LogP contribution in [0.25, 0.3) is 0 Å². The van der Waals surface area contributed by atoms with Crippen molar-refractivity contribution in [2.24, 2.45) is 5.92 Å². The van der Waals surface area contributed by atoms with Gasteiger partial charge in [-0.25, -0.2) is 0 Å². The Kier molecular flexibility index (Phi) is 6.27. The molecule has 4 heteroatoms. The molecular formula is C20H30N2O2. The summed E-state index contributed by atoms with van der Waals surface area (Å²) in [6.07, 6.45) is 8.17.